The van der Waals surface area contributed by atoms with Crippen LogP contribution in [0.2, 0.25) is 0 Å². The van der Waals surface area contributed by atoms with Gasteiger partial charge in [0, 0.05) is 36.4 Å². The van der Waals surface area contributed by atoms with Crippen molar-refractivity contribution in [2.45, 2.75) is 39.7 Å². The number of hydrogen-bond acceptors (Lipinski definition) is 5. The molecule has 4 rings (SSSR count). The molecule has 1 aliphatic heterocycles. The Labute approximate surface area is 219 Å². The van der Waals surface area contributed by atoms with E-state index in [-0.39, 0.29) is 24.7 Å². The van der Waals surface area contributed by atoms with Gasteiger partial charge in [-0.15, -0.1) is 12.4 Å². The van der Waals surface area contributed by atoms with E-state index in [4.69, 9.17) is 19.3 Å². The van der Waals surface area contributed by atoms with Crippen LogP contribution in [0.5, 0.6) is 11.5 Å². The first-order valence-electron chi connectivity index (χ1n) is 12.1. The standard InChI is InChI=1S/C29H33NO5.ClH/c1-4-33-10-11-34-25-12-19(2)29(20(3)13-25)22-7-5-6-21(14-22)17-30-24-8-9-26-23(15-28(31)32)18-35-27(26)16-24;/h5-9,12-14,16,23,30H,4,10-11,15,17-18H2,1-3H3,(H,31,32);1H. The molecule has 0 radical (unpaired) electrons. The molecule has 0 saturated carbocycles. The van der Waals surface area contributed by atoms with Gasteiger partial charge in [-0.25, -0.2) is 0 Å². The van der Waals surface area contributed by atoms with Gasteiger partial charge in [-0.3, -0.25) is 4.79 Å². The summed E-state index contributed by atoms with van der Waals surface area (Å²) in [4.78, 5) is 11.1. The minimum absolute atomic E-state index is 0. The number of halogens is 1. The molecule has 6 nitrogen and oxygen atoms in total. The number of aliphatic carboxylic acids is 1. The van der Waals surface area contributed by atoms with Crippen LogP contribution in [0, 0.1) is 13.8 Å². The summed E-state index contributed by atoms with van der Waals surface area (Å²) in [7, 11) is 0. The zero-order valence-corrected chi connectivity index (χ0v) is 21.8. The van der Waals surface area contributed by atoms with Crippen LogP contribution in [0.4, 0.5) is 5.69 Å². The fourth-order valence-corrected chi connectivity index (χ4v) is 4.63. The van der Waals surface area contributed by atoms with Crippen molar-refractivity contribution in [1.29, 1.82) is 0 Å². The van der Waals surface area contributed by atoms with Crippen LogP contribution in [-0.2, 0) is 16.1 Å². The number of carboxylic acid groups (broad SMARTS) is 1. The summed E-state index contributed by atoms with van der Waals surface area (Å²) < 4.78 is 16.9. The van der Waals surface area contributed by atoms with Gasteiger partial charge in [0.05, 0.1) is 19.6 Å². The Hall–Kier alpha value is -3.22. The van der Waals surface area contributed by atoms with Crippen LogP contribution >= 0.6 is 12.4 Å². The summed E-state index contributed by atoms with van der Waals surface area (Å²) in [6, 6.07) is 18.6. The van der Waals surface area contributed by atoms with E-state index in [2.05, 4.69) is 55.6 Å². The Kier molecular flexibility index (Phi) is 9.62. The minimum Gasteiger partial charge on any atom is -0.493 e. The highest BCUT2D eigenvalue weighted by Gasteiger charge is 2.26. The van der Waals surface area contributed by atoms with Crippen LogP contribution in [0.25, 0.3) is 11.1 Å². The van der Waals surface area contributed by atoms with E-state index in [1.54, 1.807) is 0 Å². The van der Waals surface area contributed by atoms with Crippen LogP contribution < -0.4 is 14.8 Å². The molecule has 0 fully saturated rings. The smallest absolute Gasteiger partial charge is 0.304 e. The quantitative estimate of drug-likeness (QED) is 0.291. The average molecular weight is 512 g/mol. The van der Waals surface area contributed by atoms with Crippen LogP contribution in [-0.4, -0.2) is 37.5 Å². The minimum atomic E-state index is -0.803. The number of ether oxygens (including phenoxy) is 3. The Morgan fingerprint density at radius 2 is 1.86 bits per heavy atom. The number of fused-ring (bicyclic) bond motifs is 1. The first kappa shape index (κ1) is 27.4. The summed E-state index contributed by atoms with van der Waals surface area (Å²) in [6.07, 6.45) is 0.0891. The van der Waals surface area contributed by atoms with E-state index in [1.165, 1.54) is 27.8 Å². The van der Waals surface area contributed by atoms with Gasteiger partial charge in [0.1, 0.15) is 18.1 Å². The highest BCUT2D eigenvalue weighted by Crippen LogP contribution is 2.38. The molecule has 1 atom stereocenters. The van der Waals surface area contributed by atoms with E-state index in [9.17, 15) is 4.79 Å². The van der Waals surface area contributed by atoms with Crippen LogP contribution in [0.3, 0.4) is 0 Å². The Morgan fingerprint density at radius 3 is 2.58 bits per heavy atom. The fraction of sp³-hybridized carbons (Fsp3) is 0.345. The van der Waals surface area contributed by atoms with Gasteiger partial charge in [-0.1, -0.05) is 24.3 Å². The lowest BCUT2D eigenvalue weighted by atomic mass is 9.94. The average Bonchev–Trinajstić information content (AvgIpc) is 3.22. The van der Waals surface area contributed by atoms with Crippen molar-refractivity contribution >= 4 is 24.1 Å². The maximum atomic E-state index is 11.1. The molecule has 1 unspecified atom stereocenters. The molecule has 192 valence electrons. The molecule has 0 spiro atoms. The number of rotatable bonds is 11. The first-order chi connectivity index (χ1) is 16.9. The molecule has 2 N–H and O–H groups in total. The third kappa shape index (κ3) is 6.71. The Morgan fingerprint density at radius 1 is 1.08 bits per heavy atom. The van der Waals surface area contributed by atoms with Crippen molar-refractivity contribution in [2.75, 3.05) is 31.7 Å². The predicted octanol–water partition coefficient (Wildman–Crippen LogP) is 6.37. The number of carbonyl (C=O) groups is 1. The molecule has 3 aromatic carbocycles. The van der Waals surface area contributed by atoms with Gasteiger partial charge in [-0.2, -0.15) is 0 Å². The number of carboxylic acids is 1. The second-order valence-electron chi connectivity index (χ2n) is 8.89. The van der Waals surface area contributed by atoms with Gasteiger partial charge in [0.15, 0.2) is 0 Å². The lowest BCUT2D eigenvalue weighted by molar-refractivity contribution is -0.137. The molecule has 0 aliphatic carbocycles. The molecule has 1 aliphatic rings. The predicted molar refractivity (Wildman–Crippen MR) is 145 cm³/mol. The summed E-state index contributed by atoms with van der Waals surface area (Å²) in [5.74, 6) is 0.749. The van der Waals surface area contributed by atoms with E-state index in [1.807, 2.05) is 25.1 Å². The third-order valence-electron chi connectivity index (χ3n) is 6.23. The maximum Gasteiger partial charge on any atom is 0.304 e. The van der Waals surface area contributed by atoms with E-state index >= 15 is 0 Å². The second kappa shape index (κ2) is 12.7. The Bertz CT molecular complexity index is 1170. The number of benzene rings is 3. The van der Waals surface area contributed by atoms with Gasteiger partial charge < -0.3 is 24.6 Å². The van der Waals surface area contributed by atoms with Crippen LogP contribution in [0.1, 0.15) is 41.5 Å². The molecule has 0 saturated heterocycles. The largest absolute Gasteiger partial charge is 0.493 e. The topological polar surface area (TPSA) is 77.0 Å². The molecule has 7 heteroatoms. The highest BCUT2D eigenvalue weighted by atomic mass is 35.5. The number of hydrogen-bond donors (Lipinski definition) is 2. The van der Waals surface area contributed by atoms with Crippen molar-refractivity contribution < 1.29 is 24.1 Å². The second-order valence-corrected chi connectivity index (χ2v) is 8.89. The molecule has 3 aromatic rings. The fourth-order valence-electron chi connectivity index (χ4n) is 4.63. The van der Waals surface area contributed by atoms with E-state index < -0.39 is 5.97 Å². The van der Waals surface area contributed by atoms with Crippen molar-refractivity contribution in [2.24, 2.45) is 0 Å². The van der Waals surface area contributed by atoms with Gasteiger partial charge in [0.25, 0.3) is 0 Å². The lowest BCUT2D eigenvalue weighted by Crippen LogP contribution is -2.07. The molecular weight excluding hydrogens is 478 g/mol. The zero-order valence-electron chi connectivity index (χ0n) is 21.0. The molecule has 1 heterocycles. The van der Waals surface area contributed by atoms with Gasteiger partial charge >= 0.3 is 5.97 Å². The SMILES string of the molecule is CCOCCOc1cc(C)c(-c2cccc(CNc3ccc4c(c3)OCC4CC(=O)O)c2)c(C)c1.Cl. The molecule has 36 heavy (non-hydrogen) atoms. The van der Waals surface area contributed by atoms with E-state index in [0.29, 0.717) is 33.0 Å². The monoisotopic (exact) mass is 511 g/mol. The lowest BCUT2D eigenvalue weighted by Gasteiger charge is -2.15. The number of aryl methyl sites for hydroxylation is 2. The molecular formula is C29H34ClNO5. The summed E-state index contributed by atoms with van der Waals surface area (Å²) in [5, 5.41) is 12.6. The molecule has 0 aromatic heterocycles. The number of nitrogens with one attached hydrogen (secondary N) is 1. The van der Waals surface area contributed by atoms with Crippen molar-refractivity contribution in [1.82, 2.24) is 0 Å². The zero-order chi connectivity index (χ0) is 24.8. The Balaban J connectivity index is 0.00000361. The highest BCUT2D eigenvalue weighted by molar-refractivity contribution is 5.85. The molecule has 0 amide bonds. The van der Waals surface area contributed by atoms with Crippen molar-refractivity contribution in [3.05, 3.63) is 76.9 Å². The van der Waals surface area contributed by atoms with Crippen molar-refractivity contribution in [3.63, 3.8) is 0 Å². The summed E-state index contributed by atoms with van der Waals surface area (Å²) in [5.41, 5.74) is 7.83. The molecule has 0 bridgehead atoms. The third-order valence-corrected chi connectivity index (χ3v) is 6.23. The normalized spacial score (nSPS) is 13.9. The summed E-state index contributed by atoms with van der Waals surface area (Å²) >= 11 is 0. The van der Waals surface area contributed by atoms with Gasteiger partial charge in [-0.05, 0) is 72.9 Å². The summed E-state index contributed by atoms with van der Waals surface area (Å²) in [6.45, 7) is 9.12. The maximum absolute atomic E-state index is 11.1. The first-order valence-corrected chi connectivity index (χ1v) is 12.1. The van der Waals surface area contributed by atoms with Gasteiger partial charge in [0.2, 0.25) is 0 Å². The number of anilines is 1. The van der Waals surface area contributed by atoms with Crippen molar-refractivity contribution in [3.8, 4) is 22.6 Å². The van der Waals surface area contributed by atoms with Crippen LogP contribution in [0.15, 0.2) is 54.6 Å². The van der Waals surface area contributed by atoms with E-state index in [0.717, 1.165) is 22.7 Å².